The van der Waals surface area contributed by atoms with Crippen molar-refractivity contribution in [3.05, 3.63) is 0 Å². The molecule has 1 atom stereocenters. The average molecular weight is 153 g/mol. The van der Waals surface area contributed by atoms with Crippen LogP contribution in [0.4, 0.5) is 0 Å². The van der Waals surface area contributed by atoms with Crippen LogP contribution >= 0.6 is 7.60 Å². The van der Waals surface area contributed by atoms with Crippen molar-refractivity contribution in [3.63, 3.8) is 0 Å². The van der Waals surface area contributed by atoms with E-state index in [1.165, 1.54) is 6.92 Å². The first-order valence-corrected chi connectivity index (χ1v) is 3.82. The van der Waals surface area contributed by atoms with Crippen LogP contribution in [0.3, 0.4) is 0 Å². The normalized spacial score (nSPS) is 15.1. The first kappa shape index (κ1) is 8.78. The van der Waals surface area contributed by atoms with Gasteiger partial charge in [-0.15, -0.1) is 0 Å². The number of nitrogens with two attached hydrogens (primary N) is 1. The van der Waals surface area contributed by atoms with Gasteiger partial charge in [-0.1, -0.05) is 0 Å². The molecule has 0 aromatic rings. The average Bonchev–Trinajstić information content (AvgIpc) is 1.62. The second kappa shape index (κ2) is 2.58. The Hall–Kier alpha value is -0.220. The highest BCUT2D eigenvalue weighted by Gasteiger charge is 2.28. The Kier molecular flexibility index (Phi) is 2.51. The smallest absolute Gasteiger partial charge is 0.321 e. The Bertz CT molecular complexity index is 159. The Morgan fingerprint density at radius 3 is 2.00 bits per heavy atom. The Labute approximate surface area is 52.0 Å². The standard InChI is InChI=1S/C3H8NO4P/c1-2(4)3(5)9(6,7)8/h2H,4H2,1H3,(H2,6,7,8). The minimum atomic E-state index is -4.58. The third-order valence-electron chi connectivity index (χ3n) is 0.677. The van der Waals surface area contributed by atoms with Crippen LogP contribution in [-0.2, 0) is 9.36 Å². The lowest BCUT2D eigenvalue weighted by atomic mass is 10.4. The molecule has 0 aliphatic heterocycles. The van der Waals surface area contributed by atoms with E-state index in [0.717, 1.165) is 0 Å². The molecule has 0 spiro atoms. The maximum absolute atomic E-state index is 10.3. The van der Waals surface area contributed by atoms with Crippen molar-refractivity contribution in [3.8, 4) is 0 Å². The number of hydrogen-bond acceptors (Lipinski definition) is 3. The van der Waals surface area contributed by atoms with Gasteiger partial charge >= 0.3 is 7.60 Å². The summed E-state index contributed by atoms with van der Waals surface area (Å²) in [6.45, 7) is 1.22. The molecule has 5 nitrogen and oxygen atoms in total. The van der Waals surface area contributed by atoms with E-state index in [1.807, 2.05) is 0 Å². The van der Waals surface area contributed by atoms with Gasteiger partial charge in [0.05, 0.1) is 6.04 Å². The summed E-state index contributed by atoms with van der Waals surface area (Å²) in [6, 6.07) is -1.09. The van der Waals surface area contributed by atoms with Gasteiger partial charge in [-0.3, -0.25) is 9.36 Å². The van der Waals surface area contributed by atoms with Crippen molar-refractivity contribution in [2.24, 2.45) is 5.73 Å². The zero-order valence-corrected chi connectivity index (χ0v) is 5.71. The van der Waals surface area contributed by atoms with Crippen LogP contribution in [0.5, 0.6) is 0 Å². The summed E-state index contributed by atoms with van der Waals surface area (Å²) in [6.07, 6.45) is 0. The molecule has 0 saturated carbocycles. The molecular weight excluding hydrogens is 145 g/mol. The number of hydrogen-bond donors (Lipinski definition) is 3. The van der Waals surface area contributed by atoms with E-state index in [9.17, 15) is 9.36 Å². The van der Waals surface area contributed by atoms with Gasteiger partial charge < -0.3 is 15.5 Å². The molecule has 0 heterocycles. The minimum Gasteiger partial charge on any atom is -0.321 e. The Morgan fingerprint density at radius 2 is 2.00 bits per heavy atom. The predicted molar refractivity (Wildman–Crippen MR) is 30.7 cm³/mol. The van der Waals surface area contributed by atoms with E-state index in [1.54, 1.807) is 0 Å². The van der Waals surface area contributed by atoms with Gasteiger partial charge in [0.1, 0.15) is 0 Å². The fraction of sp³-hybridized carbons (Fsp3) is 0.667. The third-order valence-corrected chi connectivity index (χ3v) is 1.66. The maximum Gasteiger partial charge on any atom is 0.393 e. The van der Waals surface area contributed by atoms with Crippen LogP contribution in [0.2, 0.25) is 0 Å². The fourth-order valence-electron chi connectivity index (χ4n) is 0.265. The van der Waals surface area contributed by atoms with Gasteiger partial charge in [0, 0.05) is 0 Å². The zero-order chi connectivity index (χ0) is 7.65. The molecule has 0 aromatic carbocycles. The van der Waals surface area contributed by atoms with E-state index in [2.05, 4.69) is 0 Å². The molecule has 0 radical (unpaired) electrons. The van der Waals surface area contributed by atoms with E-state index in [0.29, 0.717) is 0 Å². The summed E-state index contributed by atoms with van der Waals surface area (Å²) in [5.41, 5.74) is 3.66. The predicted octanol–water partition coefficient (Wildman–Crippen LogP) is -0.962. The first-order chi connectivity index (χ1) is 3.85. The zero-order valence-electron chi connectivity index (χ0n) is 4.81. The van der Waals surface area contributed by atoms with Crippen molar-refractivity contribution in [1.29, 1.82) is 0 Å². The Balaban J connectivity index is 4.24. The van der Waals surface area contributed by atoms with Crippen LogP contribution in [0.1, 0.15) is 6.92 Å². The molecule has 0 bridgehead atoms. The number of rotatable bonds is 2. The van der Waals surface area contributed by atoms with Crippen molar-refractivity contribution in [1.82, 2.24) is 0 Å². The van der Waals surface area contributed by atoms with Gasteiger partial charge in [-0.25, -0.2) is 0 Å². The van der Waals surface area contributed by atoms with Gasteiger partial charge in [0.2, 0.25) is 0 Å². The molecular formula is C3H8NO4P. The lowest BCUT2D eigenvalue weighted by Gasteiger charge is -2.03. The van der Waals surface area contributed by atoms with Gasteiger partial charge in [0.25, 0.3) is 5.52 Å². The molecule has 0 rings (SSSR count). The molecule has 0 amide bonds. The highest BCUT2D eigenvalue weighted by molar-refractivity contribution is 7.70. The van der Waals surface area contributed by atoms with E-state index in [-0.39, 0.29) is 0 Å². The quantitative estimate of drug-likeness (QED) is 0.443. The summed E-state index contributed by atoms with van der Waals surface area (Å²) in [5, 5.41) is 0. The molecule has 0 aliphatic carbocycles. The van der Waals surface area contributed by atoms with Crippen molar-refractivity contribution >= 4 is 13.1 Å². The lowest BCUT2D eigenvalue weighted by Crippen LogP contribution is -2.26. The van der Waals surface area contributed by atoms with Gasteiger partial charge in [0.15, 0.2) is 0 Å². The summed E-state index contributed by atoms with van der Waals surface area (Å²) >= 11 is 0. The molecule has 9 heavy (non-hydrogen) atoms. The van der Waals surface area contributed by atoms with Crippen LogP contribution < -0.4 is 5.73 Å². The Morgan fingerprint density at radius 1 is 1.67 bits per heavy atom. The fourth-order valence-corrected chi connectivity index (χ4v) is 0.796. The number of carbonyl (C=O) groups is 1. The highest BCUT2D eigenvalue weighted by Crippen LogP contribution is 2.36. The van der Waals surface area contributed by atoms with E-state index >= 15 is 0 Å². The number of carbonyl (C=O) groups excluding carboxylic acids is 1. The SMILES string of the molecule is CC(N)C(=O)P(=O)(O)O. The summed E-state index contributed by atoms with van der Waals surface area (Å²) < 4.78 is 10.0. The topological polar surface area (TPSA) is 101 Å². The van der Waals surface area contributed by atoms with Gasteiger partial charge in [-0.2, -0.15) is 0 Å². The van der Waals surface area contributed by atoms with Crippen LogP contribution in [0.15, 0.2) is 0 Å². The van der Waals surface area contributed by atoms with Crippen LogP contribution in [0, 0.1) is 0 Å². The van der Waals surface area contributed by atoms with Crippen molar-refractivity contribution in [2.45, 2.75) is 13.0 Å². The molecule has 0 fully saturated rings. The largest absolute Gasteiger partial charge is 0.393 e. The molecule has 54 valence electrons. The van der Waals surface area contributed by atoms with E-state index in [4.69, 9.17) is 15.5 Å². The molecule has 0 aromatic heterocycles. The molecule has 1 unspecified atom stereocenters. The molecule has 6 heteroatoms. The van der Waals surface area contributed by atoms with Crippen molar-refractivity contribution < 1.29 is 19.1 Å². The van der Waals surface area contributed by atoms with Gasteiger partial charge in [-0.05, 0) is 6.92 Å². The van der Waals surface area contributed by atoms with Crippen LogP contribution in [-0.4, -0.2) is 21.4 Å². The molecule has 4 N–H and O–H groups in total. The third kappa shape index (κ3) is 2.72. The second-order valence-corrected chi connectivity index (χ2v) is 3.20. The summed E-state index contributed by atoms with van der Waals surface area (Å²) in [5.74, 6) is 0. The van der Waals surface area contributed by atoms with Crippen LogP contribution in [0.25, 0.3) is 0 Å². The van der Waals surface area contributed by atoms with E-state index < -0.39 is 19.2 Å². The summed E-state index contributed by atoms with van der Waals surface area (Å²) in [7, 11) is -4.58. The first-order valence-electron chi connectivity index (χ1n) is 2.21. The molecule has 0 saturated heterocycles. The maximum atomic E-state index is 10.3. The molecule has 0 aliphatic rings. The minimum absolute atomic E-state index is 1.09. The van der Waals surface area contributed by atoms with Crippen molar-refractivity contribution in [2.75, 3.05) is 0 Å². The highest BCUT2D eigenvalue weighted by atomic mass is 31.2. The lowest BCUT2D eigenvalue weighted by molar-refractivity contribution is -0.114. The monoisotopic (exact) mass is 153 g/mol. The summed E-state index contributed by atoms with van der Waals surface area (Å²) in [4.78, 5) is 26.6. The second-order valence-electron chi connectivity index (χ2n) is 1.67.